The number of rotatable bonds is 3. The topological polar surface area (TPSA) is 62.7 Å². The van der Waals surface area contributed by atoms with Crippen molar-refractivity contribution < 1.29 is 13.2 Å². The summed E-state index contributed by atoms with van der Waals surface area (Å²) in [5.74, 6) is 0. The molecule has 0 aliphatic carbocycles. The Balaban J connectivity index is 1.67. The van der Waals surface area contributed by atoms with Crippen molar-refractivity contribution in [2.45, 2.75) is 30.7 Å². The quantitative estimate of drug-likeness (QED) is 0.825. The molecule has 6 nitrogen and oxygen atoms in total. The number of pyridine rings is 1. The van der Waals surface area contributed by atoms with Crippen molar-refractivity contribution in [1.29, 1.82) is 0 Å². The summed E-state index contributed by atoms with van der Waals surface area (Å²) in [4.78, 5) is 6.83. The van der Waals surface area contributed by atoms with E-state index >= 15 is 0 Å². The van der Waals surface area contributed by atoms with Crippen LogP contribution in [0.1, 0.15) is 18.5 Å². The van der Waals surface area contributed by atoms with Gasteiger partial charge in [0.05, 0.1) is 5.69 Å². The van der Waals surface area contributed by atoms with Gasteiger partial charge < -0.3 is 4.74 Å². The largest absolute Gasteiger partial charge is 0.381 e. The van der Waals surface area contributed by atoms with E-state index < -0.39 is 10.0 Å². The van der Waals surface area contributed by atoms with E-state index in [-0.39, 0.29) is 0 Å². The van der Waals surface area contributed by atoms with E-state index in [1.807, 2.05) is 0 Å². The van der Waals surface area contributed by atoms with Gasteiger partial charge in [0.1, 0.15) is 4.90 Å². The van der Waals surface area contributed by atoms with Gasteiger partial charge in [-0.05, 0) is 31.9 Å². The molecule has 3 rings (SSSR count). The van der Waals surface area contributed by atoms with Crippen LogP contribution in [0.4, 0.5) is 0 Å². The summed E-state index contributed by atoms with van der Waals surface area (Å²) < 4.78 is 32.5. The SMILES string of the molecule is Cc1ncccc1S(=O)(=O)N1CCN(C2CCOCC2)CC1. The first-order valence-electron chi connectivity index (χ1n) is 7.82. The van der Waals surface area contributed by atoms with Crippen LogP contribution in [0.15, 0.2) is 23.2 Å². The zero-order valence-electron chi connectivity index (χ0n) is 12.9. The van der Waals surface area contributed by atoms with Gasteiger partial charge in [0.15, 0.2) is 0 Å². The highest BCUT2D eigenvalue weighted by atomic mass is 32.2. The smallest absolute Gasteiger partial charge is 0.244 e. The molecule has 3 heterocycles. The normalized spacial score (nSPS) is 22.8. The average Bonchev–Trinajstić information content (AvgIpc) is 2.56. The third-order valence-electron chi connectivity index (χ3n) is 4.56. The second-order valence-corrected chi connectivity index (χ2v) is 7.78. The number of hydrogen-bond acceptors (Lipinski definition) is 5. The highest BCUT2D eigenvalue weighted by molar-refractivity contribution is 7.89. The minimum atomic E-state index is -3.43. The Labute approximate surface area is 132 Å². The van der Waals surface area contributed by atoms with Crippen LogP contribution in [0, 0.1) is 6.92 Å². The summed E-state index contributed by atoms with van der Waals surface area (Å²) in [6.07, 6.45) is 3.72. The van der Waals surface area contributed by atoms with Crippen molar-refractivity contribution in [3.05, 3.63) is 24.0 Å². The third kappa shape index (κ3) is 3.17. The third-order valence-corrected chi connectivity index (χ3v) is 6.59. The first-order valence-corrected chi connectivity index (χ1v) is 9.26. The summed E-state index contributed by atoms with van der Waals surface area (Å²) in [6, 6.07) is 3.86. The van der Waals surface area contributed by atoms with E-state index in [0.717, 1.165) is 39.1 Å². The molecule has 2 aliphatic rings. The van der Waals surface area contributed by atoms with Gasteiger partial charge in [0.25, 0.3) is 0 Å². The van der Waals surface area contributed by atoms with Crippen LogP contribution in [0.3, 0.4) is 0 Å². The molecule has 0 aromatic carbocycles. The Kier molecular flexibility index (Phi) is 4.77. The molecule has 0 atom stereocenters. The fourth-order valence-corrected chi connectivity index (χ4v) is 4.84. The van der Waals surface area contributed by atoms with Crippen LogP contribution in [-0.2, 0) is 14.8 Å². The van der Waals surface area contributed by atoms with Gasteiger partial charge in [0.2, 0.25) is 10.0 Å². The fraction of sp³-hybridized carbons (Fsp3) is 0.667. The number of aryl methyl sites for hydroxylation is 1. The van der Waals surface area contributed by atoms with Crippen molar-refractivity contribution in [2.75, 3.05) is 39.4 Å². The van der Waals surface area contributed by atoms with Crippen LogP contribution in [0.25, 0.3) is 0 Å². The first-order chi connectivity index (χ1) is 10.6. The van der Waals surface area contributed by atoms with Crippen LogP contribution in [-0.4, -0.2) is 68.0 Å². The van der Waals surface area contributed by atoms with Gasteiger partial charge in [-0.2, -0.15) is 4.31 Å². The summed E-state index contributed by atoms with van der Waals surface area (Å²) >= 11 is 0. The van der Waals surface area contributed by atoms with Crippen molar-refractivity contribution in [2.24, 2.45) is 0 Å². The molecule has 7 heteroatoms. The number of nitrogens with zero attached hydrogens (tertiary/aromatic N) is 3. The lowest BCUT2D eigenvalue weighted by atomic mass is 10.1. The molecule has 0 N–H and O–H groups in total. The molecule has 122 valence electrons. The highest BCUT2D eigenvalue weighted by Gasteiger charge is 2.32. The minimum Gasteiger partial charge on any atom is -0.381 e. The molecular weight excluding hydrogens is 302 g/mol. The lowest BCUT2D eigenvalue weighted by molar-refractivity contribution is 0.0229. The summed E-state index contributed by atoms with van der Waals surface area (Å²) in [5.41, 5.74) is 0.564. The zero-order valence-corrected chi connectivity index (χ0v) is 13.8. The monoisotopic (exact) mass is 325 g/mol. The minimum absolute atomic E-state index is 0.328. The Bertz CT molecular complexity index is 606. The molecule has 0 saturated carbocycles. The van der Waals surface area contributed by atoms with Gasteiger partial charge in [-0.3, -0.25) is 9.88 Å². The Morgan fingerprint density at radius 1 is 1.18 bits per heavy atom. The van der Waals surface area contributed by atoms with Gasteiger partial charge >= 0.3 is 0 Å². The van der Waals surface area contributed by atoms with Crippen LogP contribution in [0.2, 0.25) is 0 Å². The van der Waals surface area contributed by atoms with Gasteiger partial charge in [0, 0.05) is 51.6 Å². The second-order valence-electron chi connectivity index (χ2n) is 5.87. The van der Waals surface area contributed by atoms with Crippen LogP contribution in [0.5, 0.6) is 0 Å². The van der Waals surface area contributed by atoms with E-state index in [4.69, 9.17) is 4.74 Å². The van der Waals surface area contributed by atoms with E-state index in [0.29, 0.717) is 29.7 Å². The van der Waals surface area contributed by atoms with Crippen molar-refractivity contribution in [1.82, 2.24) is 14.2 Å². The van der Waals surface area contributed by atoms with Gasteiger partial charge in [-0.25, -0.2) is 8.42 Å². The van der Waals surface area contributed by atoms with Crippen molar-refractivity contribution in [3.63, 3.8) is 0 Å². The number of ether oxygens (including phenoxy) is 1. The number of hydrogen-bond donors (Lipinski definition) is 0. The molecule has 0 amide bonds. The van der Waals surface area contributed by atoms with Crippen LogP contribution >= 0.6 is 0 Å². The second kappa shape index (κ2) is 6.62. The molecule has 22 heavy (non-hydrogen) atoms. The average molecular weight is 325 g/mol. The molecule has 2 fully saturated rings. The van der Waals surface area contributed by atoms with Crippen LogP contribution < -0.4 is 0 Å². The first kappa shape index (κ1) is 15.9. The Morgan fingerprint density at radius 2 is 1.86 bits per heavy atom. The molecule has 1 aromatic rings. The summed E-state index contributed by atoms with van der Waals surface area (Å²) in [6.45, 7) is 6.07. The number of sulfonamides is 1. The van der Waals surface area contributed by atoms with E-state index in [2.05, 4.69) is 9.88 Å². The highest BCUT2D eigenvalue weighted by Crippen LogP contribution is 2.22. The molecule has 0 spiro atoms. The summed E-state index contributed by atoms with van der Waals surface area (Å²) in [7, 11) is -3.43. The predicted octanol–water partition coefficient (Wildman–Crippen LogP) is 0.875. The lowest BCUT2D eigenvalue weighted by Gasteiger charge is -2.40. The molecule has 0 unspecified atom stereocenters. The molecular formula is C15H23N3O3S. The van der Waals surface area contributed by atoms with E-state index in [1.165, 1.54) is 0 Å². The Morgan fingerprint density at radius 3 is 2.50 bits per heavy atom. The van der Waals surface area contributed by atoms with Crippen molar-refractivity contribution >= 4 is 10.0 Å². The standard InChI is InChI=1S/C15H23N3O3S/c1-13-15(3-2-6-16-13)22(19,20)18-9-7-17(8-10-18)14-4-11-21-12-5-14/h2-3,6,14H,4-5,7-12H2,1H3. The zero-order chi connectivity index (χ0) is 15.6. The molecule has 1 aromatic heterocycles. The molecule has 2 aliphatic heterocycles. The fourth-order valence-electron chi connectivity index (χ4n) is 3.24. The molecule has 2 saturated heterocycles. The molecule has 0 radical (unpaired) electrons. The predicted molar refractivity (Wildman–Crippen MR) is 83.1 cm³/mol. The Hall–Kier alpha value is -1.02. The van der Waals surface area contributed by atoms with E-state index in [1.54, 1.807) is 29.6 Å². The van der Waals surface area contributed by atoms with Crippen molar-refractivity contribution in [3.8, 4) is 0 Å². The molecule has 0 bridgehead atoms. The maximum atomic E-state index is 12.7. The number of piperazine rings is 1. The number of aromatic nitrogens is 1. The maximum Gasteiger partial charge on any atom is 0.244 e. The maximum absolute atomic E-state index is 12.7. The van der Waals surface area contributed by atoms with Gasteiger partial charge in [-0.15, -0.1) is 0 Å². The summed E-state index contributed by atoms with van der Waals surface area (Å²) in [5, 5.41) is 0. The van der Waals surface area contributed by atoms with E-state index in [9.17, 15) is 8.42 Å². The lowest BCUT2D eigenvalue weighted by Crippen LogP contribution is -2.53. The van der Waals surface area contributed by atoms with Gasteiger partial charge in [-0.1, -0.05) is 0 Å².